The molecule has 100 valence electrons. The molecule has 0 atom stereocenters. The largest absolute Gasteiger partial charge is 0.394 e. The van der Waals surface area contributed by atoms with Crippen LogP contribution in [0.2, 0.25) is 0 Å². The highest BCUT2D eigenvalue weighted by atomic mass is 16.3. The van der Waals surface area contributed by atoms with Gasteiger partial charge in [0.15, 0.2) is 0 Å². The maximum atomic E-state index is 11.8. The van der Waals surface area contributed by atoms with Crippen LogP contribution in [0.5, 0.6) is 0 Å². The monoisotopic (exact) mass is 244 g/mol. The molecule has 5 heteroatoms. The summed E-state index contributed by atoms with van der Waals surface area (Å²) in [4.78, 5) is 11.8. The highest BCUT2D eigenvalue weighted by molar-refractivity contribution is 5.77. The maximum Gasteiger partial charge on any atom is 0.220 e. The van der Waals surface area contributed by atoms with E-state index in [0.717, 1.165) is 25.7 Å². The van der Waals surface area contributed by atoms with Crippen molar-refractivity contribution in [2.75, 3.05) is 19.8 Å². The number of amides is 1. The van der Waals surface area contributed by atoms with Crippen molar-refractivity contribution in [3.8, 4) is 0 Å². The second-order valence-corrected chi connectivity index (χ2v) is 5.07. The van der Waals surface area contributed by atoms with E-state index in [-0.39, 0.29) is 24.5 Å². The molecule has 0 radical (unpaired) electrons. The molecule has 1 saturated carbocycles. The topological polar surface area (TPSA) is 95.6 Å². The number of rotatable bonds is 6. The number of aliphatic hydroxyl groups excluding tert-OH is 2. The number of carbonyl (C=O) groups excluding carboxylic acids is 1. The summed E-state index contributed by atoms with van der Waals surface area (Å²) < 4.78 is 0. The minimum atomic E-state index is -0.555. The third-order valence-electron chi connectivity index (χ3n) is 3.69. The van der Waals surface area contributed by atoms with Crippen LogP contribution in [0.1, 0.15) is 38.5 Å². The summed E-state index contributed by atoms with van der Waals surface area (Å²) in [6.07, 6.45) is 5.89. The number of hydrogen-bond donors (Lipinski definition) is 4. The van der Waals surface area contributed by atoms with Crippen LogP contribution in [0, 0.1) is 5.41 Å². The predicted molar refractivity (Wildman–Crippen MR) is 65.3 cm³/mol. The Kier molecular flexibility index (Phi) is 5.88. The lowest BCUT2D eigenvalue weighted by atomic mass is 9.71. The van der Waals surface area contributed by atoms with Crippen LogP contribution in [0.4, 0.5) is 0 Å². The van der Waals surface area contributed by atoms with Gasteiger partial charge in [0.2, 0.25) is 5.91 Å². The van der Waals surface area contributed by atoms with Gasteiger partial charge >= 0.3 is 0 Å². The van der Waals surface area contributed by atoms with Crippen molar-refractivity contribution in [1.82, 2.24) is 5.32 Å². The molecular formula is C12H24N2O3. The van der Waals surface area contributed by atoms with Crippen LogP contribution in [0.25, 0.3) is 0 Å². The van der Waals surface area contributed by atoms with Crippen molar-refractivity contribution in [3.63, 3.8) is 0 Å². The summed E-state index contributed by atoms with van der Waals surface area (Å²) in [6, 6.07) is -0.555. The van der Waals surface area contributed by atoms with Crippen LogP contribution in [-0.4, -0.2) is 41.9 Å². The molecule has 0 saturated heterocycles. The maximum absolute atomic E-state index is 11.8. The van der Waals surface area contributed by atoms with Gasteiger partial charge in [-0.1, -0.05) is 19.3 Å². The minimum absolute atomic E-state index is 0.0716. The molecule has 1 fully saturated rings. The summed E-state index contributed by atoms with van der Waals surface area (Å²) in [5.41, 5.74) is 5.73. The van der Waals surface area contributed by atoms with E-state index in [4.69, 9.17) is 15.9 Å². The molecular weight excluding hydrogens is 220 g/mol. The highest BCUT2D eigenvalue weighted by Gasteiger charge is 2.33. The molecule has 0 aromatic rings. The Labute approximate surface area is 102 Å². The van der Waals surface area contributed by atoms with E-state index in [9.17, 15) is 4.79 Å². The van der Waals surface area contributed by atoms with Crippen LogP contribution in [0.3, 0.4) is 0 Å². The van der Waals surface area contributed by atoms with Crippen LogP contribution in [-0.2, 0) is 4.79 Å². The van der Waals surface area contributed by atoms with E-state index >= 15 is 0 Å². The molecule has 1 aliphatic carbocycles. The first-order valence-electron chi connectivity index (χ1n) is 6.37. The third-order valence-corrected chi connectivity index (χ3v) is 3.69. The fourth-order valence-corrected chi connectivity index (χ4v) is 2.52. The van der Waals surface area contributed by atoms with Crippen molar-refractivity contribution in [3.05, 3.63) is 0 Å². The zero-order valence-corrected chi connectivity index (χ0v) is 10.3. The lowest BCUT2D eigenvalue weighted by Crippen LogP contribution is -2.44. The van der Waals surface area contributed by atoms with Gasteiger partial charge in [0.05, 0.1) is 19.3 Å². The summed E-state index contributed by atoms with van der Waals surface area (Å²) in [7, 11) is 0. The van der Waals surface area contributed by atoms with Gasteiger partial charge in [0.1, 0.15) is 0 Å². The van der Waals surface area contributed by atoms with Crippen molar-refractivity contribution >= 4 is 5.91 Å². The van der Waals surface area contributed by atoms with Gasteiger partial charge in [-0.2, -0.15) is 0 Å². The first-order chi connectivity index (χ1) is 8.15. The third kappa shape index (κ3) is 4.26. The van der Waals surface area contributed by atoms with Gasteiger partial charge in [0, 0.05) is 6.42 Å². The van der Waals surface area contributed by atoms with Crippen molar-refractivity contribution in [2.45, 2.75) is 44.6 Å². The van der Waals surface area contributed by atoms with Crippen molar-refractivity contribution in [1.29, 1.82) is 0 Å². The Hall–Kier alpha value is -0.650. The lowest BCUT2D eigenvalue weighted by molar-refractivity contribution is -0.125. The number of aliphatic hydroxyl groups is 2. The predicted octanol–water partition coefficient (Wildman–Crippen LogP) is -0.245. The molecule has 5 N–H and O–H groups in total. The van der Waals surface area contributed by atoms with E-state index in [2.05, 4.69) is 5.32 Å². The Morgan fingerprint density at radius 2 is 1.82 bits per heavy atom. The van der Waals surface area contributed by atoms with Crippen LogP contribution >= 0.6 is 0 Å². The first kappa shape index (κ1) is 14.4. The summed E-state index contributed by atoms with van der Waals surface area (Å²) >= 11 is 0. The van der Waals surface area contributed by atoms with Gasteiger partial charge in [-0.15, -0.1) is 0 Å². The fourth-order valence-electron chi connectivity index (χ4n) is 2.52. The quantitative estimate of drug-likeness (QED) is 0.518. The second-order valence-electron chi connectivity index (χ2n) is 5.07. The standard InChI is InChI=1S/C12H24N2O3/c13-9-12(4-2-1-3-5-12)6-11(17)14-10(7-15)8-16/h10,15-16H,1-9,13H2,(H,14,17). The normalized spacial score (nSPS) is 19.3. The van der Waals surface area contributed by atoms with E-state index in [1.165, 1.54) is 6.42 Å². The average molecular weight is 244 g/mol. The summed E-state index contributed by atoms with van der Waals surface area (Å²) in [5.74, 6) is -0.120. The molecule has 0 aromatic heterocycles. The van der Waals surface area contributed by atoms with Crippen molar-refractivity contribution < 1.29 is 15.0 Å². The smallest absolute Gasteiger partial charge is 0.220 e. The molecule has 1 amide bonds. The molecule has 0 spiro atoms. The molecule has 5 nitrogen and oxygen atoms in total. The molecule has 1 aliphatic rings. The highest BCUT2D eigenvalue weighted by Crippen LogP contribution is 2.38. The second kappa shape index (κ2) is 6.93. The Balaban J connectivity index is 2.47. The van der Waals surface area contributed by atoms with Gasteiger partial charge < -0.3 is 21.3 Å². The van der Waals surface area contributed by atoms with Crippen molar-refractivity contribution in [2.24, 2.45) is 11.1 Å². The summed E-state index contributed by atoms with van der Waals surface area (Å²) in [6.45, 7) is 0.0546. The molecule has 0 heterocycles. The van der Waals surface area contributed by atoms with Gasteiger partial charge in [0.25, 0.3) is 0 Å². The molecule has 0 bridgehead atoms. The average Bonchev–Trinajstić information content (AvgIpc) is 2.37. The zero-order valence-electron chi connectivity index (χ0n) is 10.3. The number of carbonyl (C=O) groups is 1. The fraction of sp³-hybridized carbons (Fsp3) is 0.917. The van der Waals surface area contributed by atoms with E-state index in [1.54, 1.807) is 0 Å². The molecule has 0 aromatic carbocycles. The molecule has 17 heavy (non-hydrogen) atoms. The Morgan fingerprint density at radius 1 is 1.24 bits per heavy atom. The zero-order chi connectivity index (χ0) is 12.7. The minimum Gasteiger partial charge on any atom is -0.394 e. The number of nitrogens with one attached hydrogen (secondary N) is 1. The molecule has 0 aliphatic heterocycles. The van der Waals surface area contributed by atoms with E-state index in [0.29, 0.717) is 13.0 Å². The Morgan fingerprint density at radius 3 is 2.29 bits per heavy atom. The number of hydrogen-bond acceptors (Lipinski definition) is 4. The van der Waals surface area contributed by atoms with Gasteiger partial charge in [-0.3, -0.25) is 4.79 Å². The molecule has 0 unspecified atom stereocenters. The van der Waals surface area contributed by atoms with E-state index in [1.807, 2.05) is 0 Å². The molecule has 1 rings (SSSR count). The SMILES string of the molecule is NCC1(CC(=O)NC(CO)CO)CCCCC1. The Bertz CT molecular complexity index is 236. The van der Waals surface area contributed by atoms with Gasteiger partial charge in [-0.25, -0.2) is 0 Å². The summed E-state index contributed by atoms with van der Waals surface area (Å²) in [5, 5.41) is 20.4. The van der Waals surface area contributed by atoms with Gasteiger partial charge in [-0.05, 0) is 24.8 Å². The first-order valence-corrected chi connectivity index (χ1v) is 6.37. The van der Waals surface area contributed by atoms with Crippen LogP contribution in [0.15, 0.2) is 0 Å². The van der Waals surface area contributed by atoms with E-state index < -0.39 is 6.04 Å². The number of nitrogens with two attached hydrogens (primary N) is 1. The lowest BCUT2D eigenvalue weighted by Gasteiger charge is -2.36. The van der Waals surface area contributed by atoms with Crippen LogP contribution < -0.4 is 11.1 Å².